The molecule has 3 rings (SSSR count). The van der Waals surface area contributed by atoms with Gasteiger partial charge in [0.25, 0.3) is 11.6 Å². The monoisotopic (exact) mass is 602 g/mol. The first-order chi connectivity index (χ1) is 20.9. The number of rotatable bonds is 14. The topological polar surface area (TPSA) is 186 Å². The number of nitro benzene ring substituents is 1. The van der Waals surface area contributed by atoms with Crippen LogP contribution >= 0.6 is 0 Å². The Hall–Kier alpha value is -5.26. The minimum atomic E-state index is -1.02. The number of non-ortho nitro benzene ring substituents is 1. The van der Waals surface area contributed by atoms with E-state index in [2.05, 4.69) is 21.3 Å². The van der Waals surface area contributed by atoms with Crippen molar-refractivity contribution in [3.8, 4) is 0 Å². The van der Waals surface area contributed by atoms with Crippen molar-refractivity contribution in [1.82, 2.24) is 21.3 Å². The summed E-state index contributed by atoms with van der Waals surface area (Å²) in [6, 6.07) is 18.5. The Morgan fingerprint density at radius 3 is 1.98 bits per heavy atom. The molecule has 12 heteroatoms. The summed E-state index contributed by atoms with van der Waals surface area (Å²) in [5, 5.41) is 21.7. The van der Waals surface area contributed by atoms with E-state index in [1.165, 1.54) is 31.2 Å². The Bertz CT molecular complexity index is 1460. The van der Waals surface area contributed by atoms with Crippen molar-refractivity contribution < 1.29 is 24.1 Å². The van der Waals surface area contributed by atoms with Gasteiger partial charge in [0, 0.05) is 30.8 Å². The van der Waals surface area contributed by atoms with Gasteiger partial charge in [-0.1, -0.05) is 68.4 Å². The lowest BCUT2D eigenvalue weighted by Gasteiger charge is -2.25. The fourth-order valence-electron chi connectivity index (χ4n) is 4.43. The Morgan fingerprint density at radius 2 is 1.36 bits per heavy atom. The molecule has 0 heterocycles. The number of nitrogens with two attached hydrogens (primary N) is 1. The van der Waals surface area contributed by atoms with Gasteiger partial charge in [-0.25, -0.2) is 0 Å². The van der Waals surface area contributed by atoms with Gasteiger partial charge in [-0.2, -0.15) is 0 Å². The lowest BCUT2D eigenvalue weighted by atomic mass is 10.0. The second kappa shape index (κ2) is 15.8. The summed E-state index contributed by atoms with van der Waals surface area (Å²) in [5.41, 5.74) is 7.85. The normalized spacial score (nSPS) is 12.8. The average Bonchev–Trinajstić information content (AvgIpc) is 2.99. The predicted octanol–water partition coefficient (Wildman–Crippen LogP) is 2.87. The van der Waals surface area contributed by atoms with Crippen LogP contribution in [0.2, 0.25) is 0 Å². The number of benzene rings is 3. The number of carbonyl (C=O) groups excluding carboxylic acids is 4. The summed E-state index contributed by atoms with van der Waals surface area (Å²) in [7, 11) is 0. The number of anilines is 1. The lowest BCUT2D eigenvalue weighted by molar-refractivity contribution is -0.384. The highest BCUT2D eigenvalue weighted by Crippen LogP contribution is 2.14. The van der Waals surface area contributed by atoms with Gasteiger partial charge < -0.3 is 27.0 Å². The molecule has 0 aliphatic heterocycles. The molecular weight excluding hydrogens is 564 g/mol. The maximum Gasteiger partial charge on any atom is 0.269 e. The van der Waals surface area contributed by atoms with Crippen LogP contribution in [0.4, 0.5) is 11.4 Å². The van der Waals surface area contributed by atoms with Crippen LogP contribution in [0.3, 0.4) is 0 Å². The molecule has 4 amide bonds. The number of hydrogen-bond acceptors (Lipinski definition) is 7. The highest BCUT2D eigenvalue weighted by molar-refractivity contribution is 6.02. The summed E-state index contributed by atoms with van der Waals surface area (Å²) in [5.74, 6) is -2.10. The molecule has 0 unspecified atom stereocenters. The van der Waals surface area contributed by atoms with E-state index >= 15 is 0 Å². The minimum absolute atomic E-state index is 0.0172. The molecule has 0 fully saturated rings. The van der Waals surface area contributed by atoms with Gasteiger partial charge in [-0.3, -0.25) is 29.3 Å². The second-order valence-electron chi connectivity index (χ2n) is 10.9. The van der Waals surface area contributed by atoms with E-state index in [4.69, 9.17) is 5.73 Å². The first-order valence-corrected chi connectivity index (χ1v) is 14.3. The third-order valence-corrected chi connectivity index (χ3v) is 6.82. The minimum Gasteiger partial charge on any atom is -0.398 e. The molecule has 0 spiro atoms. The molecule has 12 nitrogen and oxygen atoms in total. The van der Waals surface area contributed by atoms with Crippen LogP contribution in [-0.4, -0.2) is 46.7 Å². The molecule has 0 radical (unpaired) electrons. The maximum absolute atomic E-state index is 13.6. The number of nitrogens with zero attached hydrogens (tertiary/aromatic N) is 1. The third kappa shape index (κ3) is 9.93. The molecule has 232 valence electrons. The van der Waals surface area contributed by atoms with Crippen LogP contribution in [0.5, 0.6) is 0 Å². The molecule has 0 saturated heterocycles. The molecule has 3 aromatic carbocycles. The zero-order chi connectivity index (χ0) is 32.2. The highest BCUT2D eigenvalue weighted by Gasteiger charge is 2.29. The zero-order valence-corrected chi connectivity index (χ0v) is 24.9. The number of para-hydroxylation sites is 1. The van der Waals surface area contributed by atoms with Crippen molar-refractivity contribution in [2.24, 2.45) is 5.92 Å². The molecule has 0 saturated carbocycles. The third-order valence-electron chi connectivity index (χ3n) is 6.82. The fourth-order valence-corrected chi connectivity index (χ4v) is 4.43. The largest absolute Gasteiger partial charge is 0.398 e. The van der Waals surface area contributed by atoms with Crippen molar-refractivity contribution in [2.75, 3.05) is 5.73 Å². The number of carbonyl (C=O) groups is 4. The first kappa shape index (κ1) is 33.2. The number of hydrogen-bond donors (Lipinski definition) is 5. The summed E-state index contributed by atoms with van der Waals surface area (Å²) < 4.78 is 0. The van der Waals surface area contributed by atoms with E-state index in [9.17, 15) is 29.3 Å². The number of amides is 4. The predicted molar refractivity (Wildman–Crippen MR) is 166 cm³/mol. The molecule has 0 bridgehead atoms. The Balaban J connectivity index is 1.68. The van der Waals surface area contributed by atoms with Gasteiger partial charge in [0.15, 0.2) is 0 Å². The van der Waals surface area contributed by atoms with E-state index in [0.717, 1.165) is 5.56 Å². The SMILES string of the molecule is CC(C)C[C@H](NC(=O)[C@H](Cc1ccccc1)NC(=O)c1ccccc1N)C(=O)N[C@@H](C)C(=O)NCc1ccc([N+](=O)[O-])cc1. The number of nitrogen functional groups attached to an aromatic ring is 1. The first-order valence-electron chi connectivity index (χ1n) is 14.3. The van der Waals surface area contributed by atoms with Crippen molar-refractivity contribution in [3.63, 3.8) is 0 Å². The number of nitrogens with one attached hydrogen (secondary N) is 4. The molecular formula is C32H38N6O6. The van der Waals surface area contributed by atoms with E-state index < -0.39 is 46.7 Å². The molecule has 0 aliphatic carbocycles. The average molecular weight is 603 g/mol. The molecule has 44 heavy (non-hydrogen) atoms. The summed E-state index contributed by atoms with van der Waals surface area (Å²) in [6.07, 6.45) is 0.453. The van der Waals surface area contributed by atoms with Gasteiger partial charge in [0.2, 0.25) is 17.7 Å². The van der Waals surface area contributed by atoms with Crippen molar-refractivity contribution >= 4 is 35.0 Å². The zero-order valence-electron chi connectivity index (χ0n) is 24.9. The van der Waals surface area contributed by atoms with Crippen molar-refractivity contribution in [2.45, 2.75) is 58.3 Å². The van der Waals surface area contributed by atoms with Crippen LogP contribution in [0.25, 0.3) is 0 Å². The molecule has 6 N–H and O–H groups in total. The molecule has 0 aliphatic rings. The van der Waals surface area contributed by atoms with Crippen LogP contribution in [-0.2, 0) is 27.3 Å². The van der Waals surface area contributed by atoms with Gasteiger partial charge in [-0.15, -0.1) is 0 Å². The molecule has 3 aromatic rings. The van der Waals surface area contributed by atoms with Crippen LogP contribution in [0, 0.1) is 16.0 Å². The number of nitro groups is 1. The van der Waals surface area contributed by atoms with Crippen molar-refractivity contribution in [1.29, 1.82) is 0 Å². The van der Waals surface area contributed by atoms with E-state index in [1.807, 2.05) is 44.2 Å². The van der Waals surface area contributed by atoms with Gasteiger partial charge in [-0.05, 0) is 42.5 Å². The van der Waals surface area contributed by atoms with E-state index in [-0.39, 0.29) is 42.2 Å². The standard InChI is InChI=1S/C32H38N6O6/c1-20(2)17-27(31(41)35-21(3)29(39)34-19-23-13-15-24(16-14-23)38(43)44)37-32(42)28(18-22-9-5-4-6-10-22)36-30(40)25-11-7-8-12-26(25)33/h4-16,20-21,27-28H,17-19,33H2,1-3H3,(H,34,39)(H,35,41)(H,36,40)(H,37,42)/t21-,27-,28-/m0/s1. The quantitative estimate of drug-likeness (QED) is 0.107. The Labute approximate surface area is 255 Å². The molecule has 0 aromatic heterocycles. The van der Waals surface area contributed by atoms with Crippen LogP contribution < -0.4 is 27.0 Å². The maximum atomic E-state index is 13.6. The van der Waals surface area contributed by atoms with E-state index in [0.29, 0.717) is 5.56 Å². The van der Waals surface area contributed by atoms with Gasteiger partial charge >= 0.3 is 0 Å². The smallest absolute Gasteiger partial charge is 0.269 e. The summed E-state index contributed by atoms with van der Waals surface area (Å²) >= 11 is 0. The van der Waals surface area contributed by atoms with Gasteiger partial charge in [0.1, 0.15) is 18.1 Å². The second-order valence-corrected chi connectivity index (χ2v) is 10.9. The summed E-state index contributed by atoms with van der Waals surface area (Å²) in [4.78, 5) is 63.0. The molecule has 3 atom stereocenters. The van der Waals surface area contributed by atoms with E-state index in [1.54, 1.807) is 24.3 Å². The van der Waals surface area contributed by atoms with Crippen molar-refractivity contribution in [3.05, 3.63) is 106 Å². The fraction of sp³-hybridized carbons (Fsp3) is 0.312. The lowest BCUT2D eigenvalue weighted by Crippen LogP contribution is -2.56. The van der Waals surface area contributed by atoms with Crippen LogP contribution in [0.1, 0.15) is 48.7 Å². The van der Waals surface area contributed by atoms with Gasteiger partial charge in [0.05, 0.1) is 10.5 Å². The summed E-state index contributed by atoms with van der Waals surface area (Å²) in [6.45, 7) is 5.42. The highest BCUT2D eigenvalue weighted by atomic mass is 16.6. The Kier molecular flexibility index (Phi) is 12.0. The van der Waals surface area contributed by atoms with Crippen LogP contribution in [0.15, 0.2) is 78.9 Å². The Morgan fingerprint density at radius 1 is 0.750 bits per heavy atom.